The fourth-order valence-electron chi connectivity index (χ4n) is 4.84. The van der Waals surface area contributed by atoms with Crippen LogP contribution in [-0.2, 0) is 0 Å². The molecule has 4 rings (SSSR count). The molecule has 0 aromatic heterocycles. The van der Waals surface area contributed by atoms with Crippen LogP contribution in [0.15, 0.2) is 121 Å². The van der Waals surface area contributed by atoms with Crippen LogP contribution in [0, 0.1) is 5.92 Å². The largest absolute Gasteiger partial charge is 0.248 e. The molecule has 0 spiro atoms. The van der Waals surface area contributed by atoms with Gasteiger partial charge in [0.1, 0.15) is 0 Å². The average molecular weight is 512 g/mol. The molecular formula is C33H39NP2. The average Bonchev–Trinajstić information content (AvgIpc) is 2.94. The first-order valence-corrected chi connectivity index (χ1v) is 15.9. The van der Waals surface area contributed by atoms with Gasteiger partial charge in [0.05, 0.1) is 0 Å². The molecule has 0 radical (unpaired) electrons. The molecule has 3 atom stereocenters. The Kier molecular flexibility index (Phi) is 10.3. The van der Waals surface area contributed by atoms with Gasteiger partial charge in [-0.15, -0.1) is 0 Å². The summed E-state index contributed by atoms with van der Waals surface area (Å²) in [6.45, 7) is 8.29. The molecule has 0 aliphatic heterocycles. The van der Waals surface area contributed by atoms with Gasteiger partial charge in [0.25, 0.3) is 0 Å². The number of hydrogen-bond acceptors (Lipinski definition) is 1. The van der Waals surface area contributed by atoms with Gasteiger partial charge in [-0.05, 0) is 33.8 Å². The first kappa shape index (κ1) is 26.8. The van der Waals surface area contributed by atoms with E-state index in [1.807, 2.05) is 0 Å². The van der Waals surface area contributed by atoms with E-state index < -0.39 is 16.1 Å². The minimum absolute atomic E-state index is 0.419. The maximum atomic E-state index is 2.93. The summed E-state index contributed by atoms with van der Waals surface area (Å²) in [4.78, 5) is 0. The summed E-state index contributed by atoms with van der Waals surface area (Å²) < 4.78 is 2.93. The van der Waals surface area contributed by atoms with Gasteiger partial charge >= 0.3 is 0 Å². The van der Waals surface area contributed by atoms with Crippen molar-refractivity contribution in [2.45, 2.75) is 45.7 Å². The fraction of sp³-hybridized carbons (Fsp3) is 0.273. The van der Waals surface area contributed by atoms with E-state index in [4.69, 9.17) is 0 Å². The molecule has 0 heterocycles. The van der Waals surface area contributed by atoms with Crippen molar-refractivity contribution in [3.8, 4) is 0 Å². The molecule has 4 aromatic rings. The van der Waals surface area contributed by atoms with Crippen LogP contribution in [0.2, 0.25) is 0 Å². The molecule has 0 fully saturated rings. The predicted octanol–water partition coefficient (Wildman–Crippen LogP) is 8.65. The van der Waals surface area contributed by atoms with Crippen molar-refractivity contribution in [2.75, 3.05) is 6.54 Å². The predicted molar refractivity (Wildman–Crippen MR) is 162 cm³/mol. The molecule has 0 aliphatic rings. The van der Waals surface area contributed by atoms with Crippen LogP contribution in [0.4, 0.5) is 0 Å². The molecule has 0 saturated carbocycles. The van der Waals surface area contributed by atoms with Gasteiger partial charge in [-0.1, -0.05) is 155 Å². The van der Waals surface area contributed by atoms with Gasteiger partial charge in [-0.25, -0.2) is 4.44 Å². The third-order valence-corrected chi connectivity index (χ3v) is 12.7. The van der Waals surface area contributed by atoms with E-state index in [-0.39, 0.29) is 0 Å². The zero-order chi connectivity index (χ0) is 25.2. The van der Waals surface area contributed by atoms with E-state index in [0.29, 0.717) is 5.66 Å². The van der Waals surface area contributed by atoms with Gasteiger partial charge < -0.3 is 0 Å². The van der Waals surface area contributed by atoms with E-state index in [9.17, 15) is 0 Å². The lowest BCUT2D eigenvalue weighted by Crippen LogP contribution is -2.31. The molecule has 3 unspecified atom stereocenters. The summed E-state index contributed by atoms with van der Waals surface area (Å²) in [5.41, 5.74) is 1.85. The molecule has 186 valence electrons. The smallest absolute Gasteiger partial charge is 0.0320 e. The Morgan fingerprint density at radius 1 is 0.583 bits per heavy atom. The highest BCUT2D eigenvalue weighted by molar-refractivity contribution is 7.81. The van der Waals surface area contributed by atoms with E-state index in [1.54, 1.807) is 0 Å². The van der Waals surface area contributed by atoms with E-state index in [0.717, 1.165) is 12.5 Å². The van der Waals surface area contributed by atoms with Crippen molar-refractivity contribution in [1.29, 1.82) is 0 Å². The Hall–Kier alpha value is -2.30. The van der Waals surface area contributed by atoms with E-state index in [2.05, 4.69) is 147 Å². The van der Waals surface area contributed by atoms with Crippen molar-refractivity contribution in [1.82, 2.24) is 4.44 Å². The van der Waals surface area contributed by atoms with Crippen molar-refractivity contribution in [3.05, 3.63) is 127 Å². The third kappa shape index (κ3) is 6.92. The summed E-state index contributed by atoms with van der Waals surface area (Å²) in [5.74, 6) is 0.723. The Morgan fingerprint density at radius 3 is 1.50 bits per heavy atom. The maximum absolute atomic E-state index is 2.93. The van der Waals surface area contributed by atoms with Crippen molar-refractivity contribution >= 4 is 32.1 Å². The van der Waals surface area contributed by atoms with Gasteiger partial charge in [0.15, 0.2) is 0 Å². The highest BCUT2D eigenvalue weighted by Gasteiger charge is 2.34. The summed E-state index contributed by atoms with van der Waals surface area (Å²) in [6.07, 6.45) is 3.76. The van der Waals surface area contributed by atoms with Crippen LogP contribution in [0.25, 0.3) is 0 Å². The van der Waals surface area contributed by atoms with Crippen LogP contribution in [0.5, 0.6) is 0 Å². The lowest BCUT2D eigenvalue weighted by molar-refractivity contribution is 0.458. The maximum Gasteiger partial charge on any atom is 0.0320 e. The lowest BCUT2D eigenvalue weighted by atomic mass is 10.0. The zero-order valence-electron chi connectivity index (χ0n) is 21.9. The van der Waals surface area contributed by atoms with Crippen molar-refractivity contribution < 1.29 is 0 Å². The van der Waals surface area contributed by atoms with Gasteiger partial charge in [0.2, 0.25) is 0 Å². The number of nitrogens with zero attached hydrogens (tertiary/aromatic N) is 1. The van der Waals surface area contributed by atoms with Gasteiger partial charge in [0, 0.05) is 28.3 Å². The monoisotopic (exact) mass is 511 g/mol. The number of benzene rings is 4. The Bertz CT molecular complexity index is 1100. The quantitative estimate of drug-likeness (QED) is 0.172. The minimum atomic E-state index is -0.678. The molecule has 0 aliphatic carbocycles. The van der Waals surface area contributed by atoms with Gasteiger partial charge in [-0.2, -0.15) is 0 Å². The Balaban J connectivity index is 1.86. The first-order chi connectivity index (χ1) is 17.7. The van der Waals surface area contributed by atoms with Crippen LogP contribution >= 0.6 is 16.1 Å². The topological polar surface area (TPSA) is 3.24 Å². The molecule has 1 nitrogen and oxygen atoms in total. The third-order valence-electron chi connectivity index (χ3n) is 6.75. The van der Waals surface area contributed by atoms with E-state index >= 15 is 0 Å². The highest BCUT2D eigenvalue weighted by atomic mass is 31.2. The summed E-state index contributed by atoms with van der Waals surface area (Å²) in [7, 11) is -1.30. The standard InChI is InChI=1S/C33H39NP2/c1-4-17-28(2)26-27-34(36(32-22-13-7-14-23-32)33-24-15-8-16-25-33)35(31-20-11-6-12-21-31)29(3)30-18-9-5-10-19-30/h5-16,18-25,28-29H,4,17,26-27H2,1-3H3. The highest BCUT2D eigenvalue weighted by Crippen LogP contribution is 2.62. The number of rotatable bonds is 12. The molecule has 0 N–H and O–H groups in total. The van der Waals surface area contributed by atoms with Crippen LogP contribution < -0.4 is 15.9 Å². The fourth-order valence-corrected chi connectivity index (χ4v) is 11.4. The molecule has 0 saturated heterocycles. The molecule has 36 heavy (non-hydrogen) atoms. The van der Waals surface area contributed by atoms with Crippen LogP contribution in [0.1, 0.15) is 51.3 Å². The molecular weight excluding hydrogens is 472 g/mol. The van der Waals surface area contributed by atoms with E-state index in [1.165, 1.54) is 40.7 Å². The molecule has 0 bridgehead atoms. The zero-order valence-corrected chi connectivity index (χ0v) is 23.7. The normalized spacial score (nSPS) is 14.0. The van der Waals surface area contributed by atoms with Crippen LogP contribution in [0.3, 0.4) is 0 Å². The first-order valence-electron chi connectivity index (χ1n) is 13.3. The number of hydrogen-bond donors (Lipinski definition) is 0. The molecule has 4 aromatic carbocycles. The second-order valence-corrected chi connectivity index (χ2v) is 14.4. The van der Waals surface area contributed by atoms with Crippen LogP contribution in [-0.4, -0.2) is 11.0 Å². The summed E-state index contributed by atoms with van der Waals surface area (Å²) >= 11 is 0. The van der Waals surface area contributed by atoms with Crippen molar-refractivity contribution in [3.63, 3.8) is 0 Å². The second kappa shape index (κ2) is 13.9. The molecule has 0 amide bonds. The lowest BCUT2D eigenvalue weighted by Gasteiger charge is -2.42. The van der Waals surface area contributed by atoms with Gasteiger partial charge in [-0.3, -0.25) is 0 Å². The minimum Gasteiger partial charge on any atom is -0.248 e. The second-order valence-electron chi connectivity index (χ2n) is 9.53. The summed E-state index contributed by atoms with van der Waals surface area (Å²) in [5, 5.41) is 4.34. The molecule has 3 heteroatoms. The van der Waals surface area contributed by atoms with Crippen molar-refractivity contribution in [2.24, 2.45) is 5.92 Å². The Labute approximate surface area is 221 Å². The Morgan fingerprint density at radius 2 is 1.03 bits per heavy atom. The summed E-state index contributed by atoms with van der Waals surface area (Å²) in [6, 6.07) is 44.9. The SMILES string of the molecule is CCCC(C)CCN(P(c1ccccc1)c1ccccc1)P(c1ccccc1)C(C)c1ccccc1.